The lowest BCUT2D eigenvalue weighted by Crippen LogP contribution is -2.37. The summed E-state index contributed by atoms with van der Waals surface area (Å²) < 4.78 is 63.1. The number of aromatic nitrogens is 4. The van der Waals surface area contributed by atoms with E-state index in [0.29, 0.717) is 115 Å². The Morgan fingerprint density at radius 2 is 0.618 bits per heavy atom. The van der Waals surface area contributed by atoms with Crippen LogP contribution in [-0.2, 0) is 89.8 Å². The largest absolute Gasteiger partial charge is 0.476 e. The monoisotopic (exact) mass is 1770 g/mol. The van der Waals surface area contributed by atoms with Crippen LogP contribution in [0, 0.1) is 31.3 Å². The van der Waals surface area contributed by atoms with Gasteiger partial charge in [-0.2, -0.15) is 0 Å². The number of nitrogens with zero attached hydrogens (tertiary/aromatic N) is 8. The number of hydrogen-bond acceptors (Lipinski definition) is 12. The van der Waals surface area contributed by atoms with Crippen LogP contribution in [0.5, 0.6) is 23.5 Å². The molecule has 12 aromatic rings. The van der Waals surface area contributed by atoms with E-state index in [1.54, 1.807) is 48.8 Å². The number of hydrogen-bond donors (Lipinski definition) is 0. The van der Waals surface area contributed by atoms with Crippen LogP contribution in [0.3, 0.4) is 0 Å². The van der Waals surface area contributed by atoms with Crippen molar-refractivity contribution < 1.29 is 51.3 Å². The number of carbonyl (C=O) groups is 4. The summed E-state index contributed by atoms with van der Waals surface area (Å²) in [5, 5.41) is 0. The molecule has 0 spiro atoms. The van der Waals surface area contributed by atoms with Crippen LogP contribution in [0.2, 0.25) is 0 Å². The molecule has 8 aromatic carbocycles. The number of carbonyl (C=O) groups excluding carboxylic acids is 4. The highest BCUT2D eigenvalue weighted by atomic mass is 19.1. The first-order valence-corrected chi connectivity index (χ1v) is 46.8. The molecule has 682 valence electrons. The molecular formula is C112H125F3N8O8. The van der Waals surface area contributed by atoms with Crippen molar-refractivity contribution in [3.05, 3.63) is 379 Å². The van der Waals surface area contributed by atoms with E-state index in [2.05, 4.69) is 133 Å². The predicted octanol–water partition coefficient (Wildman–Crippen LogP) is 22.7. The molecule has 16 nitrogen and oxygen atoms in total. The first-order chi connectivity index (χ1) is 63.7. The van der Waals surface area contributed by atoms with Gasteiger partial charge in [-0.25, -0.2) is 33.1 Å². The normalized spacial score (nSPS) is 13.7. The quantitative estimate of drug-likeness (QED) is 0.0362. The molecule has 0 bridgehead atoms. The van der Waals surface area contributed by atoms with Crippen molar-refractivity contribution in [2.75, 3.05) is 52.6 Å². The van der Waals surface area contributed by atoms with Gasteiger partial charge in [-0.1, -0.05) is 171 Å². The summed E-state index contributed by atoms with van der Waals surface area (Å²) in [7, 11) is 0. The summed E-state index contributed by atoms with van der Waals surface area (Å²) in [6, 6.07) is 78.4. The fourth-order valence-electron chi connectivity index (χ4n) is 17.9. The van der Waals surface area contributed by atoms with E-state index in [-0.39, 0.29) is 71.2 Å². The molecule has 4 aliphatic rings. The minimum Gasteiger partial charge on any atom is -0.476 e. The van der Waals surface area contributed by atoms with Crippen molar-refractivity contribution >= 4 is 23.6 Å². The van der Waals surface area contributed by atoms with E-state index in [1.807, 2.05) is 131 Å². The molecule has 4 heterocycles. The van der Waals surface area contributed by atoms with Gasteiger partial charge in [0.25, 0.3) is 0 Å². The second-order valence-corrected chi connectivity index (χ2v) is 34.8. The maximum atomic E-state index is 13.5. The number of benzene rings is 8. The fraction of sp³-hybridized carbons (Fsp3) is 0.357. The summed E-state index contributed by atoms with van der Waals surface area (Å²) in [6.07, 6.45) is 21.8. The highest BCUT2D eigenvalue weighted by Crippen LogP contribution is 2.35. The molecule has 4 aromatic heterocycles. The highest BCUT2D eigenvalue weighted by molar-refractivity contribution is 5.79. The Balaban J connectivity index is 0.000000149. The number of aryl methyl sites for hydroxylation is 13. The van der Waals surface area contributed by atoms with E-state index in [0.717, 1.165) is 103 Å². The summed E-state index contributed by atoms with van der Waals surface area (Å²) in [5.41, 5.74) is 22.0. The van der Waals surface area contributed by atoms with Crippen LogP contribution in [0.1, 0.15) is 223 Å². The first kappa shape index (κ1) is 95.8. The predicted molar refractivity (Wildman–Crippen MR) is 511 cm³/mol. The van der Waals surface area contributed by atoms with Gasteiger partial charge in [0.05, 0.1) is 50.3 Å². The third-order valence-corrected chi connectivity index (χ3v) is 25.6. The Bertz CT molecular complexity index is 5660. The topological polar surface area (TPSA) is 170 Å². The van der Waals surface area contributed by atoms with E-state index in [9.17, 15) is 32.3 Å². The highest BCUT2D eigenvalue weighted by Gasteiger charge is 2.30. The SMILES string of the molecule is CC(c1ccc2c(c1)CCC2)N(CCOc1ccccn1)C(=O)CCCc1ccccc1.CC(c1ccc2c(c1)CCC2)N(CCOc1ccccn1)C(=O)CCc1ccc(F)cc1.Cc1cccc(OCCN(C(=O)CC(C)c2ccc(F)cc2)C(C)c2ccc3c(c2)CCC3)n1.Cc1cccc(OCCN(C(=O)CCc2ccc(F)cc2)C(C)c2ccc3c(c2)CCC3)n1. The Morgan fingerprint density at radius 1 is 0.313 bits per heavy atom. The van der Waals surface area contributed by atoms with Crippen LogP contribution >= 0.6 is 0 Å². The number of amides is 4. The lowest BCUT2D eigenvalue weighted by molar-refractivity contribution is -0.134. The first-order valence-electron chi connectivity index (χ1n) is 46.8. The van der Waals surface area contributed by atoms with Crippen molar-refractivity contribution in [3.8, 4) is 23.5 Å². The number of ether oxygens (including phenoxy) is 4. The molecule has 16 rings (SSSR count). The van der Waals surface area contributed by atoms with Crippen molar-refractivity contribution in [3.63, 3.8) is 0 Å². The zero-order valence-electron chi connectivity index (χ0n) is 77.0. The third-order valence-electron chi connectivity index (χ3n) is 25.6. The van der Waals surface area contributed by atoms with E-state index in [4.69, 9.17) is 18.9 Å². The second kappa shape index (κ2) is 48.8. The Hall–Kier alpha value is -12.8. The number of rotatable bonds is 37. The van der Waals surface area contributed by atoms with Crippen LogP contribution in [0.25, 0.3) is 0 Å². The Morgan fingerprint density at radius 3 is 0.969 bits per heavy atom. The maximum absolute atomic E-state index is 13.5. The van der Waals surface area contributed by atoms with Gasteiger partial charge in [0.2, 0.25) is 47.1 Å². The molecule has 4 aliphatic carbocycles. The van der Waals surface area contributed by atoms with Gasteiger partial charge >= 0.3 is 0 Å². The molecule has 131 heavy (non-hydrogen) atoms. The smallest absolute Gasteiger partial charge is 0.223 e. The lowest BCUT2D eigenvalue weighted by atomic mass is 9.96. The van der Waals surface area contributed by atoms with Gasteiger partial charge < -0.3 is 38.5 Å². The van der Waals surface area contributed by atoms with E-state index >= 15 is 0 Å². The van der Waals surface area contributed by atoms with Crippen molar-refractivity contribution in [1.82, 2.24) is 39.5 Å². The minimum absolute atomic E-state index is 0.0115. The average molecular weight is 1770 g/mol. The standard InChI is InChI=1S/C29H33FN2O2.C28H31FN2O2.C28H32N2O2.C27H29FN2O2/c1-20(23-12-14-27(30)15-13-23)18-29(33)32(16-17-34-28-9-4-6-21(2)31-28)22(3)25-11-10-24-7-5-8-26(24)19-25;1-20-5-3-8-27(30-20)33-18-17-31(28(32)16-11-22-9-14-26(29)15-10-22)21(2)24-13-12-23-6-4-7-25(23)19-24;1-22(25-17-16-24-12-8-13-26(24)21-25)30(19-20-32-27-14-5-6-18-29-27)28(31)15-7-11-23-9-3-2-4-10-23;1-20(23-12-11-22-5-4-6-24(22)19-23)30(17-18-32-26-7-2-3-16-29-26)27(31)15-10-21-8-13-25(28)14-9-21/h4,6,9-15,19-20,22H,5,7-8,16-18H2,1-3H3;3,5,8-10,12-15,19,21H,4,6-7,11,16-18H2,1-2H3;2-6,9-10,14,16-18,21-22H,7-8,11-13,15,19-20H2,1H3;2-3,7-9,11-14,16,19-20H,4-6,10,15,17-18H2,1H3. The second-order valence-electron chi connectivity index (χ2n) is 34.8. The van der Waals surface area contributed by atoms with Crippen LogP contribution in [0.4, 0.5) is 13.2 Å². The molecule has 0 saturated heterocycles. The molecule has 5 atom stereocenters. The Labute approximate surface area is 772 Å². The van der Waals surface area contributed by atoms with Crippen molar-refractivity contribution in [2.45, 2.75) is 207 Å². The molecule has 0 saturated carbocycles. The zero-order chi connectivity index (χ0) is 91.8. The summed E-state index contributed by atoms with van der Waals surface area (Å²) in [6.45, 7) is 17.7. The summed E-state index contributed by atoms with van der Waals surface area (Å²) in [5.74, 6) is 1.83. The molecule has 0 aliphatic heterocycles. The molecular weight excluding hydrogens is 1640 g/mol. The summed E-state index contributed by atoms with van der Waals surface area (Å²) >= 11 is 0. The minimum atomic E-state index is -0.268. The van der Waals surface area contributed by atoms with E-state index in [1.165, 1.54) is 124 Å². The summed E-state index contributed by atoms with van der Waals surface area (Å²) in [4.78, 5) is 78.2. The third kappa shape index (κ3) is 28.6. The molecule has 19 heteroatoms. The molecule has 0 radical (unpaired) electrons. The molecule has 0 fully saturated rings. The Kier molecular flexibility index (Phi) is 35.7. The average Bonchev–Trinajstić information content (AvgIpc) is 1.70. The van der Waals surface area contributed by atoms with Gasteiger partial charge in [-0.3, -0.25) is 19.2 Å². The van der Waals surface area contributed by atoms with Gasteiger partial charge in [0.1, 0.15) is 43.9 Å². The number of pyridine rings is 4. The fourth-order valence-corrected chi connectivity index (χ4v) is 17.9. The molecule has 5 unspecified atom stereocenters. The molecule has 4 amide bonds. The van der Waals surface area contributed by atoms with Crippen LogP contribution < -0.4 is 18.9 Å². The molecule has 0 N–H and O–H groups in total. The van der Waals surface area contributed by atoms with Crippen molar-refractivity contribution in [1.29, 1.82) is 0 Å². The van der Waals surface area contributed by atoms with Gasteiger partial charge in [0, 0.05) is 73.7 Å². The number of halogens is 3. The van der Waals surface area contributed by atoms with Crippen molar-refractivity contribution in [2.24, 2.45) is 0 Å². The van der Waals surface area contributed by atoms with Crippen LogP contribution in [-0.4, -0.2) is 116 Å². The van der Waals surface area contributed by atoms with Crippen LogP contribution in [0.15, 0.2) is 261 Å². The zero-order valence-corrected chi connectivity index (χ0v) is 77.0. The van der Waals surface area contributed by atoms with Gasteiger partial charge in [-0.05, 0) is 300 Å². The van der Waals surface area contributed by atoms with E-state index < -0.39 is 0 Å². The maximum Gasteiger partial charge on any atom is 0.223 e. The van der Waals surface area contributed by atoms with Gasteiger partial charge in [-0.15, -0.1) is 0 Å². The number of fused-ring (bicyclic) bond motifs is 4. The van der Waals surface area contributed by atoms with Gasteiger partial charge in [0.15, 0.2) is 0 Å². The lowest BCUT2D eigenvalue weighted by Gasteiger charge is -2.31.